The molecule has 0 saturated carbocycles. The number of benzene rings is 1. The highest BCUT2D eigenvalue weighted by Crippen LogP contribution is 2.29. The molecule has 1 heterocycles. The van der Waals surface area contributed by atoms with E-state index in [0.717, 1.165) is 16.0 Å². The first kappa shape index (κ1) is 14.7. The van der Waals surface area contributed by atoms with Crippen LogP contribution >= 0.6 is 27.5 Å². The van der Waals surface area contributed by atoms with Crippen molar-refractivity contribution in [3.8, 4) is 0 Å². The fraction of sp³-hybridized carbons (Fsp3) is 0.154. The summed E-state index contributed by atoms with van der Waals surface area (Å²) in [5.41, 5.74) is 0.955. The van der Waals surface area contributed by atoms with Crippen LogP contribution in [-0.2, 0) is 0 Å². The van der Waals surface area contributed by atoms with Crippen molar-refractivity contribution in [3.63, 3.8) is 0 Å². The van der Waals surface area contributed by atoms with Gasteiger partial charge in [-0.3, -0.25) is 4.79 Å². The minimum Gasteiger partial charge on any atom is -0.478 e. The molecule has 1 amide bonds. The number of aryl methyl sites for hydroxylation is 1. The molecule has 0 aliphatic rings. The Balaban J connectivity index is 2.39. The molecule has 1 N–H and O–H groups in total. The van der Waals surface area contributed by atoms with Gasteiger partial charge in [0.2, 0.25) is 0 Å². The fourth-order valence-electron chi connectivity index (χ4n) is 1.74. The van der Waals surface area contributed by atoms with E-state index in [1.807, 2.05) is 6.07 Å². The van der Waals surface area contributed by atoms with Gasteiger partial charge in [-0.25, -0.2) is 4.79 Å². The number of nitrogens with zero attached hydrogens (tertiary/aromatic N) is 2. The van der Waals surface area contributed by atoms with Gasteiger partial charge in [-0.05, 0) is 36.7 Å². The Labute approximate surface area is 128 Å². The molecule has 0 bridgehead atoms. The highest BCUT2D eigenvalue weighted by Gasteiger charge is 2.24. The van der Waals surface area contributed by atoms with Crippen molar-refractivity contribution in [1.29, 1.82) is 0 Å². The second-order valence-electron chi connectivity index (χ2n) is 4.13. The third kappa shape index (κ3) is 2.73. The molecule has 1 aromatic heterocycles. The van der Waals surface area contributed by atoms with Gasteiger partial charge in [0, 0.05) is 17.1 Å². The van der Waals surface area contributed by atoms with Crippen LogP contribution in [0, 0.1) is 6.92 Å². The van der Waals surface area contributed by atoms with Gasteiger partial charge in [0.1, 0.15) is 10.6 Å². The van der Waals surface area contributed by atoms with E-state index in [1.54, 1.807) is 32.2 Å². The van der Waals surface area contributed by atoms with Gasteiger partial charge in [0.25, 0.3) is 5.91 Å². The molecule has 1 aromatic carbocycles. The fourth-order valence-corrected chi connectivity index (χ4v) is 2.99. The summed E-state index contributed by atoms with van der Waals surface area (Å²) in [6.45, 7) is 1.61. The number of anilines is 1. The quantitative estimate of drug-likeness (QED) is 0.918. The highest BCUT2D eigenvalue weighted by molar-refractivity contribution is 9.10. The van der Waals surface area contributed by atoms with E-state index in [4.69, 9.17) is 0 Å². The summed E-state index contributed by atoms with van der Waals surface area (Å²) in [6.07, 6.45) is 0. The van der Waals surface area contributed by atoms with Crippen LogP contribution < -0.4 is 4.90 Å². The average Bonchev–Trinajstić information content (AvgIpc) is 2.79. The molecule has 2 rings (SSSR count). The standard InChI is InChI=1S/C13H11BrN2O3S/c1-7-10(13(18)19)12(20-15-7)16(2)11(17)8-4-3-5-9(14)6-8/h3-6H,1-2H3,(H,18,19). The summed E-state index contributed by atoms with van der Waals surface area (Å²) >= 11 is 4.31. The Bertz CT molecular complexity index is 684. The third-order valence-corrected chi connectivity index (χ3v) is 4.25. The Kier molecular flexibility index (Phi) is 4.20. The maximum atomic E-state index is 12.4. The first-order chi connectivity index (χ1) is 9.41. The van der Waals surface area contributed by atoms with Gasteiger partial charge in [-0.15, -0.1) is 0 Å². The van der Waals surface area contributed by atoms with Gasteiger partial charge < -0.3 is 10.0 Å². The number of halogens is 1. The molecule has 0 fully saturated rings. The Morgan fingerprint density at radius 2 is 2.10 bits per heavy atom. The average molecular weight is 355 g/mol. The minimum absolute atomic E-state index is 0.0702. The van der Waals surface area contributed by atoms with E-state index in [2.05, 4.69) is 20.3 Å². The Morgan fingerprint density at radius 3 is 2.70 bits per heavy atom. The molecule has 20 heavy (non-hydrogen) atoms. The van der Waals surface area contributed by atoms with E-state index < -0.39 is 5.97 Å². The first-order valence-corrected chi connectivity index (χ1v) is 7.21. The number of hydrogen-bond acceptors (Lipinski definition) is 4. The van der Waals surface area contributed by atoms with Crippen LogP contribution in [0.3, 0.4) is 0 Å². The molecule has 2 aromatic rings. The maximum absolute atomic E-state index is 12.4. The van der Waals surface area contributed by atoms with Crippen molar-refractivity contribution >= 4 is 44.3 Å². The SMILES string of the molecule is Cc1nsc(N(C)C(=O)c2cccc(Br)c2)c1C(=O)O. The molecule has 0 aliphatic carbocycles. The number of aromatic carboxylic acids is 1. The summed E-state index contributed by atoms with van der Waals surface area (Å²) in [5, 5.41) is 9.54. The Hall–Kier alpha value is -1.73. The number of amides is 1. The number of rotatable bonds is 3. The molecule has 0 saturated heterocycles. The lowest BCUT2D eigenvalue weighted by Gasteiger charge is -2.16. The first-order valence-electron chi connectivity index (χ1n) is 5.65. The summed E-state index contributed by atoms with van der Waals surface area (Å²) < 4.78 is 4.80. The molecular weight excluding hydrogens is 344 g/mol. The van der Waals surface area contributed by atoms with Crippen LogP contribution in [0.15, 0.2) is 28.7 Å². The highest BCUT2D eigenvalue weighted by atomic mass is 79.9. The van der Waals surface area contributed by atoms with E-state index in [-0.39, 0.29) is 11.5 Å². The van der Waals surface area contributed by atoms with Crippen molar-refractivity contribution in [1.82, 2.24) is 4.37 Å². The van der Waals surface area contributed by atoms with E-state index >= 15 is 0 Å². The van der Waals surface area contributed by atoms with Crippen molar-refractivity contribution in [3.05, 3.63) is 45.6 Å². The monoisotopic (exact) mass is 354 g/mol. The number of aromatic nitrogens is 1. The van der Waals surface area contributed by atoms with Gasteiger partial charge in [0.15, 0.2) is 0 Å². The molecule has 0 radical (unpaired) electrons. The van der Waals surface area contributed by atoms with E-state index in [9.17, 15) is 14.7 Å². The zero-order valence-corrected chi connectivity index (χ0v) is 13.2. The number of carbonyl (C=O) groups excluding carboxylic acids is 1. The topological polar surface area (TPSA) is 70.5 Å². The van der Waals surface area contributed by atoms with Crippen LogP contribution in [0.5, 0.6) is 0 Å². The summed E-state index contributed by atoms with van der Waals surface area (Å²) in [4.78, 5) is 24.9. The second kappa shape index (κ2) is 5.72. The van der Waals surface area contributed by atoms with Crippen molar-refractivity contribution in [2.24, 2.45) is 0 Å². The molecule has 0 aliphatic heterocycles. The van der Waals surface area contributed by atoms with Crippen molar-refractivity contribution in [2.45, 2.75) is 6.92 Å². The van der Waals surface area contributed by atoms with Crippen LogP contribution in [-0.4, -0.2) is 28.4 Å². The van der Waals surface area contributed by atoms with E-state index in [0.29, 0.717) is 16.3 Å². The lowest BCUT2D eigenvalue weighted by molar-refractivity contribution is 0.0697. The normalized spacial score (nSPS) is 10.3. The minimum atomic E-state index is -1.08. The molecule has 0 spiro atoms. The molecule has 0 atom stereocenters. The zero-order chi connectivity index (χ0) is 14.9. The second-order valence-corrected chi connectivity index (χ2v) is 5.80. The van der Waals surface area contributed by atoms with Crippen molar-refractivity contribution in [2.75, 3.05) is 11.9 Å². The van der Waals surface area contributed by atoms with Gasteiger partial charge in [-0.1, -0.05) is 22.0 Å². The van der Waals surface area contributed by atoms with Crippen LogP contribution in [0.25, 0.3) is 0 Å². The smallest absolute Gasteiger partial charge is 0.340 e. The predicted molar refractivity (Wildman–Crippen MR) is 80.7 cm³/mol. The summed E-state index contributed by atoms with van der Waals surface area (Å²) in [5.74, 6) is -1.36. The predicted octanol–water partition coefficient (Wildman–Crippen LogP) is 3.19. The number of carboxylic acids is 1. The van der Waals surface area contributed by atoms with Gasteiger partial charge >= 0.3 is 5.97 Å². The lowest BCUT2D eigenvalue weighted by Crippen LogP contribution is -2.26. The molecule has 104 valence electrons. The molecular formula is C13H11BrN2O3S. The van der Waals surface area contributed by atoms with Crippen LogP contribution in [0.2, 0.25) is 0 Å². The summed E-state index contributed by atoms with van der Waals surface area (Å²) in [7, 11) is 1.54. The molecule has 5 nitrogen and oxygen atoms in total. The largest absolute Gasteiger partial charge is 0.478 e. The zero-order valence-electron chi connectivity index (χ0n) is 10.8. The summed E-state index contributed by atoms with van der Waals surface area (Å²) in [6, 6.07) is 6.93. The van der Waals surface area contributed by atoms with Crippen LogP contribution in [0.4, 0.5) is 5.00 Å². The molecule has 0 unspecified atom stereocenters. The van der Waals surface area contributed by atoms with Crippen LogP contribution in [0.1, 0.15) is 26.4 Å². The van der Waals surface area contributed by atoms with Gasteiger partial charge in [0.05, 0.1) is 5.69 Å². The van der Waals surface area contributed by atoms with Gasteiger partial charge in [-0.2, -0.15) is 4.37 Å². The number of hydrogen-bond donors (Lipinski definition) is 1. The number of carbonyl (C=O) groups is 2. The Morgan fingerprint density at radius 1 is 1.40 bits per heavy atom. The van der Waals surface area contributed by atoms with Crippen molar-refractivity contribution < 1.29 is 14.7 Å². The number of carboxylic acid groups (broad SMARTS) is 1. The lowest BCUT2D eigenvalue weighted by atomic mass is 10.2. The third-order valence-electron chi connectivity index (χ3n) is 2.74. The molecule has 7 heteroatoms. The maximum Gasteiger partial charge on any atom is 0.340 e. The van der Waals surface area contributed by atoms with E-state index in [1.165, 1.54) is 4.90 Å².